The number of ether oxygens (including phenoxy) is 1. The molecular weight excluding hydrogens is 382 g/mol. The van der Waals surface area contributed by atoms with E-state index in [0.29, 0.717) is 24.2 Å². The quantitative estimate of drug-likeness (QED) is 0.761. The van der Waals surface area contributed by atoms with Crippen LogP contribution in [0, 0.1) is 0 Å². The topological polar surface area (TPSA) is 71.5 Å². The van der Waals surface area contributed by atoms with Gasteiger partial charge in [0.1, 0.15) is 10.0 Å². The first-order valence-corrected chi connectivity index (χ1v) is 9.17. The summed E-state index contributed by atoms with van der Waals surface area (Å²) in [5, 5.41) is -0.0377. The van der Waals surface area contributed by atoms with E-state index in [9.17, 15) is 8.42 Å². The summed E-state index contributed by atoms with van der Waals surface area (Å²) in [4.78, 5) is 5.98. The van der Waals surface area contributed by atoms with Crippen molar-refractivity contribution in [3.63, 3.8) is 0 Å². The summed E-state index contributed by atoms with van der Waals surface area (Å²) < 4.78 is 33.2. The highest BCUT2D eigenvalue weighted by Crippen LogP contribution is 2.22. The third kappa shape index (κ3) is 4.87. The van der Waals surface area contributed by atoms with Crippen LogP contribution in [0.5, 0.6) is 0 Å². The fraction of sp³-hybridized carbons (Fsp3) is 0.583. The van der Waals surface area contributed by atoms with Gasteiger partial charge in [-0.2, -0.15) is 0 Å². The molecule has 1 atom stereocenters. The Balaban J connectivity index is 2.04. The first-order valence-electron chi connectivity index (χ1n) is 6.52. The number of rotatable bonds is 5. The van der Waals surface area contributed by atoms with Crippen molar-refractivity contribution in [3.8, 4) is 0 Å². The molecule has 0 amide bonds. The number of nitrogens with one attached hydrogen (secondary N) is 1. The van der Waals surface area contributed by atoms with Crippen molar-refractivity contribution in [1.82, 2.24) is 14.6 Å². The zero-order valence-electron chi connectivity index (χ0n) is 11.6. The summed E-state index contributed by atoms with van der Waals surface area (Å²) in [6.07, 6.45) is 1.46. The van der Waals surface area contributed by atoms with E-state index in [1.165, 1.54) is 12.3 Å². The number of aromatic nitrogens is 1. The third-order valence-electron chi connectivity index (χ3n) is 3.06. The lowest BCUT2D eigenvalue weighted by molar-refractivity contribution is 0.0354. The number of nitrogens with zero attached hydrogens (tertiary/aromatic N) is 2. The van der Waals surface area contributed by atoms with Crippen LogP contribution in [0.2, 0.25) is 5.15 Å². The maximum Gasteiger partial charge on any atom is 0.243 e. The normalized spacial score (nSPS) is 18.6. The summed E-state index contributed by atoms with van der Waals surface area (Å²) in [6.45, 7) is 5.44. The molecular formula is C12H17BrClN3O3S. The Morgan fingerprint density at radius 1 is 1.52 bits per heavy atom. The van der Waals surface area contributed by atoms with Crippen LogP contribution in [0.3, 0.4) is 0 Å². The summed E-state index contributed by atoms with van der Waals surface area (Å²) >= 11 is 9.08. The standard InChI is InChI=1S/C12H17BrClN3O3S/c1-9(8-17-2-4-20-5-3-17)16-21(18,19)11-6-10(13)7-15-12(11)14/h6-7,9,16H,2-5,8H2,1H3. The van der Waals surface area contributed by atoms with Crippen molar-refractivity contribution in [2.24, 2.45) is 0 Å². The van der Waals surface area contributed by atoms with E-state index in [-0.39, 0.29) is 16.1 Å². The predicted octanol–water partition coefficient (Wildman–Crippen LogP) is 1.50. The molecule has 0 aliphatic carbocycles. The Labute approximate surface area is 138 Å². The number of morpholine rings is 1. The van der Waals surface area contributed by atoms with E-state index in [1.54, 1.807) is 0 Å². The van der Waals surface area contributed by atoms with Crippen LogP contribution >= 0.6 is 27.5 Å². The first-order chi connectivity index (χ1) is 9.88. The van der Waals surface area contributed by atoms with Crippen molar-refractivity contribution in [2.75, 3.05) is 32.8 Å². The van der Waals surface area contributed by atoms with E-state index >= 15 is 0 Å². The molecule has 6 nitrogen and oxygen atoms in total. The van der Waals surface area contributed by atoms with E-state index in [4.69, 9.17) is 16.3 Å². The molecule has 1 aliphatic heterocycles. The Hall–Kier alpha value is -0.250. The lowest BCUT2D eigenvalue weighted by Crippen LogP contribution is -2.46. The second-order valence-corrected chi connectivity index (χ2v) is 7.83. The Kier molecular flexibility index (Phi) is 5.98. The van der Waals surface area contributed by atoms with Gasteiger partial charge in [-0.25, -0.2) is 18.1 Å². The number of halogens is 2. The Bertz CT molecular complexity index is 593. The minimum absolute atomic E-state index is 0.0210. The van der Waals surface area contributed by atoms with Gasteiger partial charge in [-0.15, -0.1) is 0 Å². The molecule has 0 saturated carbocycles. The van der Waals surface area contributed by atoms with Crippen LogP contribution < -0.4 is 4.72 Å². The van der Waals surface area contributed by atoms with Crippen LogP contribution in [0.25, 0.3) is 0 Å². The average Bonchev–Trinajstić information content (AvgIpc) is 2.41. The molecule has 118 valence electrons. The molecule has 2 heterocycles. The predicted molar refractivity (Wildman–Crippen MR) is 84.0 cm³/mol. The molecule has 0 radical (unpaired) electrons. The van der Waals surface area contributed by atoms with Gasteiger partial charge in [-0.05, 0) is 28.9 Å². The zero-order valence-corrected chi connectivity index (χ0v) is 14.7. The van der Waals surface area contributed by atoms with Gasteiger partial charge < -0.3 is 4.74 Å². The van der Waals surface area contributed by atoms with E-state index in [1.807, 2.05) is 6.92 Å². The lowest BCUT2D eigenvalue weighted by Gasteiger charge is -2.29. The van der Waals surface area contributed by atoms with E-state index < -0.39 is 10.0 Å². The molecule has 1 N–H and O–H groups in total. The minimum atomic E-state index is -3.70. The number of pyridine rings is 1. The van der Waals surface area contributed by atoms with Crippen LogP contribution in [-0.2, 0) is 14.8 Å². The fourth-order valence-corrected chi connectivity index (χ4v) is 4.31. The molecule has 1 fully saturated rings. The van der Waals surface area contributed by atoms with Crippen molar-refractivity contribution in [3.05, 3.63) is 21.9 Å². The molecule has 21 heavy (non-hydrogen) atoms. The van der Waals surface area contributed by atoms with Gasteiger partial charge in [-0.3, -0.25) is 4.90 Å². The number of hydrogen-bond acceptors (Lipinski definition) is 5. The Morgan fingerprint density at radius 2 is 2.19 bits per heavy atom. The molecule has 1 aliphatic rings. The van der Waals surface area contributed by atoms with Gasteiger partial charge in [0.25, 0.3) is 0 Å². The van der Waals surface area contributed by atoms with Crippen molar-refractivity contribution >= 4 is 37.6 Å². The largest absolute Gasteiger partial charge is 0.379 e. The summed E-state index contributed by atoms with van der Waals surface area (Å²) in [7, 11) is -3.70. The smallest absolute Gasteiger partial charge is 0.243 e. The zero-order chi connectivity index (χ0) is 15.5. The first kappa shape index (κ1) is 17.1. The van der Waals surface area contributed by atoms with Gasteiger partial charge in [0.15, 0.2) is 0 Å². The SMILES string of the molecule is CC(CN1CCOCC1)NS(=O)(=O)c1cc(Br)cnc1Cl. The minimum Gasteiger partial charge on any atom is -0.379 e. The van der Waals surface area contributed by atoms with Gasteiger partial charge in [-0.1, -0.05) is 11.6 Å². The van der Waals surface area contributed by atoms with Gasteiger partial charge in [0.2, 0.25) is 10.0 Å². The van der Waals surface area contributed by atoms with Crippen LogP contribution in [0.4, 0.5) is 0 Å². The highest BCUT2D eigenvalue weighted by molar-refractivity contribution is 9.10. The monoisotopic (exact) mass is 397 g/mol. The lowest BCUT2D eigenvalue weighted by atomic mass is 10.3. The highest BCUT2D eigenvalue weighted by Gasteiger charge is 2.23. The van der Waals surface area contributed by atoms with Crippen LogP contribution in [-0.4, -0.2) is 57.2 Å². The highest BCUT2D eigenvalue weighted by atomic mass is 79.9. The van der Waals surface area contributed by atoms with Crippen molar-refractivity contribution in [1.29, 1.82) is 0 Å². The van der Waals surface area contributed by atoms with Gasteiger partial charge in [0, 0.05) is 36.3 Å². The number of hydrogen-bond donors (Lipinski definition) is 1. The molecule has 2 rings (SSSR count). The second kappa shape index (κ2) is 7.34. The maximum atomic E-state index is 12.4. The van der Waals surface area contributed by atoms with Crippen LogP contribution in [0.1, 0.15) is 6.92 Å². The Morgan fingerprint density at radius 3 is 2.86 bits per heavy atom. The van der Waals surface area contributed by atoms with Gasteiger partial charge >= 0.3 is 0 Å². The van der Waals surface area contributed by atoms with Crippen molar-refractivity contribution < 1.29 is 13.2 Å². The summed E-state index contributed by atoms with van der Waals surface area (Å²) in [5.74, 6) is 0. The van der Waals surface area contributed by atoms with E-state index in [2.05, 4.69) is 30.5 Å². The molecule has 9 heteroatoms. The summed E-state index contributed by atoms with van der Waals surface area (Å²) in [5.41, 5.74) is 0. The average molecular weight is 399 g/mol. The number of sulfonamides is 1. The maximum absolute atomic E-state index is 12.4. The van der Waals surface area contributed by atoms with E-state index in [0.717, 1.165) is 13.1 Å². The molecule has 1 unspecified atom stereocenters. The molecule has 0 bridgehead atoms. The molecule has 1 aromatic rings. The second-order valence-electron chi connectivity index (χ2n) is 4.88. The molecule has 1 saturated heterocycles. The summed E-state index contributed by atoms with van der Waals surface area (Å²) in [6, 6.07) is 1.21. The van der Waals surface area contributed by atoms with Gasteiger partial charge in [0.05, 0.1) is 13.2 Å². The fourth-order valence-electron chi connectivity index (χ4n) is 2.13. The van der Waals surface area contributed by atoms with Crippen LogP contribution in [0.15, 0.2) is 21.6 Å². The third-order valence-corrected chi connectivity index (χ3v) is 5.50. The molecule has 1 aromatic heterocycles. The van der Waals surface area contributed by atoms with Crippen molar-refractivity contribution in [2.45, 2.75) is 17.9 Å². The molecule has 0 spiro atoms. The molecule has 0 aromatic carbocycles.